The molecule has 0 bridgehead atoms. The molecule has 24 heavy (non-hydrogen) atoms. The number of aliphatic carboxylic acids is 1. The lowest BCUT2D eigenvalue weighted by molar-refractivity contribution is -0.131. The van der Waals surface area contributed by atoms with Crippen LogP contribution in [0.2, 0.25) is 0 Å². The van der Waals surface area contributed by atoms with Crippen molar-refractivity contribution in [2.45, 2.75) is 11.8 Å². The third-order valence-electron chi connectivity index (χ3n) is 3.10. The summed E-state index contributed by atoms with van der Waals surface area (Å²) >= 11 is 0. The topological polar surface area (TPSA) is 83.5 Å². The zero-order chi connectivity index (χ0) is 17.6. The Kier molecular flexibility index (Phi) is 5.55. The summed E-state index contributed by atoms with van der Waals surface area (Å²) in [5.41, 5.74) is 2.06. The van der Waals surface area contributed by atoms with Crippen LogP contribution in [0.5, 0.6) is 0 Å². The van der Waals surface area contributed by atoms with Crippen LogP contribution in [0, 0.1) is 0 Å². The van der Waals surface area contributed by atoms with Gasteiger partial charge in [0.15, 0.2) is 0 Å². The minimum atomic E-state index is -3.61. The lowest BCUT2D eigenvalue weighted by Gasteiger charge is -2.08. The average molecular weight is 343 g/mol. The Bertz CT molecular complexity index is 867. The summed E-state index contributed by atoms with van der Waals surface area (Å²) in [6.07, 6.45) is 4.36. The van der Waals surface area contributed by atoms with Gasteiger partial charge in [0.05, 0.1) is 4.90 Å². The molecule has 0 aliphatic rings. The summed E-state index contributed by atoms with van der Waals surface area (Å²) in [5, 5.41) is 8.59. The molecular formula is C18H17NO4S. The van der Waals surface area contributed by atoms with Crippen molar-refractivity contribution in [2.75, 3.05) is 4.72 Å². The Morgan fingerprint density at radius 3 is 2.21 bits per heavy atom. The van der Waals surface area contributed by atoms with Crippen molar-refractivity contribution in [3.05, 3.63) is 77.9 Å². The van der Waals surface area contributed by atoms with E-state index >= 15 is 0 Å². The van der Waals surface area contributed by atoms with E-state index in [-0.39, 0.29) is 4.90 Å². The molecule has 0 fully saturated rings. The van der Waals surface area contributed by atoms with E-state index in [1.807, 2.05) is 0 Å². The van der Waals surface area contributed by atoms with Crippen molar-refractivity contribution in [1.82, 2.24) is 0 Å². The second-order valence-electron chi connectivity index (χ2n) is 5.10. The van der Waals surface area contributed by atoms with Gasteiger partial charge in [0.2, 0.25) is 0 Å². The lowest BCUT2D eigenvalue weighted by atomic mass is 10.1. The molecule has 0 amide bonds. The number of sulfonamides is 1. The monoisotopic (exact) mass is 343 g/mol. The van der Waals surface area contributed by atoms with Gasteiger partial charge in [-0.1, -0.05) is 48.1 Å². The van der Waals surface area contributed by atoms with Crippen molar-refractivity contribution < 1.29 is 18.3 Å². The molecule has 0 aromatic heterocycles. The molecular weight excluding hydrogens is 326 g/mol. The summed E-state index contributed by atoms with van der Waals surface area (Å²) in [6, 6.07) is 14.9. The van der Waals surface area contributed by atoms with E-state index in [0.29, 0.717) is 5.69 Å². The maximum Gasteiger partial charge on any atom is 0.328 e. The second kappa shape index (κ2) is 7.61. The number of carbonyl (C=O) groups is 1. The van der Waals surface area contributed by atoms with Gasteiger partial charge < -0.3 is 5.11 Å². The summed E-state index contributed by atoms with van der Waals surface area (Å²) in [4.78, 5) is 10.7. The Labute approximate surface area is 141 Å². The smallest absolute Gasteiger partial charge is 0.328 e. The van der Waals surface area contributed by atoms with E-state index in [9.17, 15) is 13.2 Å². The molecule has 0 unspecified atom stereocenters. The SMILES string of the molecule is CC(/C=C/C(=O)O)=C\c1ccc(NS(=O)(=O)c2ccccc2)cc1. The van der Waals surface area contributed by atoms with Gasteiger partial charge in [0, 0.05) is 11.8 Å². The van der Waals surface area contributed by atoms with Crippen LogP contribution < -0.4 is 4.72 Å². The number of carboxylic acids is 1. The fourth-order valence-corrected chi connectivity index (χ4v) is 3.05. The molecule has 2 aromatic rings. The van der Waals surface area contributed by atoms with E-state index in [1.54, 1.807) is 55.5 Å². The third-order valence-corrected chi connectivity index (χ3v) is 4.50. The van der Waals surface area contributed by atoms with Crippen LogP contribution >= 0.6 is 0 Å². The van der Waals surface area contributed by atoms with Crippen molar-refractivity contribution in [3.8, 4) is 0 Å². The fraction of sp³-hybridized carbons (Fsp3) is 0.0556. The normalized spacial score (nSPS) is 12.3. The number of carboxylic acid groups (broad SMARTS) is 1. The lowest BCUT2D eigenvalue weighted by Crippen LogP contribution is -2.12. The number of rotatable bonds is 6. The number of hydrogen-bond acceptors (Lipinski definition) is 3. The van der Waals surface area contributed by atoms with Gasteiger partial charge in [-0.05, 0) is 36.8 Å². The van der Waals surface area contributed by atoms with E-state index in [1.165, 1.54) is 18.2 Å². The predicted molar refractivity (Wildman–Crippen MR) is 94.1 cm³/mol. The highest BCUT2D eigenvalue weighted by atomic mass is 32.2. The van der Waals surface area contributed by atoms with E-state index in [4.69, 9.17) is 5.11 Å². The quantitative estimate of drug-likeness (QED) is 0.621. The Morgan fingerprint density at radius 2 is 1.62 bits per heavy atom. The zero-order valence-corrected chi connectivity index (χ0v) is 13.8. The Morgan fingerprint density at radius 1 is 1.00 bits per heavy atom. The van der Waals surface area contributed by atoms with E-state index in [0.717, 1.165) is 17.2 Å². The highest BCUT2D eigenvalue weighted by Gasteiger charge is 2.12. The van der Waals surface area contributed by atoms with Crippen molar-refractivity contribution in [3.63, 3.8) is 0 Å². The van der Waals surface area contributed by atoms with Crippen molar-refractivity contribution in [2.24, 2.45) is 0 Å². The average Bonchev–Trinajstić information content (AvgIpc) is 2.55. The molecule has 5 nitrogen and oxygen atoms in total. The van der Waals surface area contributed by atoms with Crippen LogP contribution in [0.4, 0.5) is 5.69 Å². The first kappa shape index (κ1) is 17.5. The van der Waals surface area contributed by atoms with Crippen molar-refractivity contribution in [1.29, 1.82) is 0 Å². The molecule has 0 heterocycles. The molecule has 0 saturated carbocycles. The maximum absolute atomic E-state index is 12.2. The molecule has 2 aromatic carbocycles. The molecule has 0 saturated heterocycles. The van der Waals surface area contributed by atoms with Gasteiger partial charge in [-0.2, -0.15) is 0 Å². The van der Waals surface area contributed by atoms with Crippen LogP contribution in [0.3, 0.4) is 0 Å². The molecule has 0 aliphatic heterocycles. The molecule has 0 spiro atoms. The minimum Gasteiger partial charge on any atom is -0.478 e. The second-order valence-corrected chi connectivity index (χ2v) is 6.78. The highest BCUT2D eigenvalue weighted by molar-refractivity contribution is 7.92. The number of allylic oxidation sites excluding steroid dienone is 2. The number of benzene rings is 2. The summed E-state index contributed by atoms with van der Waals surface area (Å²) < 4.78 is 27.0. The van der Waals surface area contributed by atoms with E-state index in [2.05, 4.69) is 4.72 Å². The minimum absolute atomic E-state index is 0.198. The van der Waals surface area contributed by atoms with Crippen LogP contribution in [0.15, 0.2) is 77.2 Å². The van der Waals surface area contributed by atoms with Gasteiger partial charge in [0.1, 0.15) is 0 Å². The van der Waals surface area contributed by atoms with Crippen LogP contribution in [0.1, 0.15) is 12.5 Å². The maximum atomic E-state index is 12.2. The number of anilines is 1. The first-order valence-electron chi connectivity index (χ1n) is 7.14. The zero-order valence-electron chi connectivity index (χ0n) is 13.0. The van der Waals surface area contributed by atoms with Crippen LogP contribution in [0.25, 0.3) is 6.08 Å². The van der Waals surface area contributed by atoms with Gasteiger partial charge in [-0.3, -0.25) is 4.72 Å². The molecule has 124 valence electrons. The van der Waals surface area contributed by atoms with Gasteiger partial charge in [-0.15, -0.1) is 0 Å². The fourth-order valence-electron chi connectivity index (χ4n) is 1.97. The standard InChI is InChI=1S/C18H17NO4S/c1-14(7-12-18(20)21)13-15-8-10-16(11-9-15)19-24(22,23)17-5-3-2-4-6-17/h2-13,19H,1H3,(H,20,21)/b12-7+,14-13+. The Balaban J connectivity index is 2.13. The molecule has 2 N–H and O–H groups in total. The third kappa shape index (κ3) is 5.10. The van der Waals surface area contributed by atoms with Gasteiger partial charge in [0.25, 0.3) is 10.0 Å². The van der Waals surface area contributed by atoms with Gasteiger partial charge in [-0.25, -0.2) is 13.2 Å². The Hall–Kier alpha value is -2.86. The highest BCUT2D eigenvalue weighted by Crippen LogP contribution is 2.17. The molecule has 0 radical (unpaired) electrons. The largest absolute Gasteiger partial charge is 0.478 e. The number of nitrogens with one attached hydrogen (secondary N) is 1. The van der Waals surface area contributed by atoms with Crippen molar-refractivity contribution >= 4 is 27.8 Å². The van der Waals surface area contributed by atoms with Gasteiger partial charge >= 0.3 is 5.97 Å². The summed E-state index contributed by atoms with van der Waals surface area (Å²) in [5.74, 6) is -1.01. The predicted octanol–water partition coefficient (Wildman–Crippen LogP) is 3.53. The molecule has 6 heteroatoms. The summed E-state index contributed by atoms with van der Waals surface area (Å²) in [7, 11) is -3.61. The number of hydrogen-bond donors (Lipinski definition) is 2. The first-order valence-corrected chi connectivity index (χ1v) is 8.62. The first-order chi connectivity index (χ1) is 11.4. The molecule has 2 rings (SSSR count). The molecule has 0 atom stereocenters. The molecule has 0 aliphatic carbocycles. The van der Waals surface area contributed by atoms with Crippen LogP contribution in [-0.4, -0.2) is 19.5 Å². The summed E-state index contributed by atoms with van der Waals surface area (Å²) in [6.45, 7) is 1.78. The van der Waals surface area contributed by atoms with Crippen LogP contribution in [-0.2, 0) is 14.8 Å². The van der Waals surface area contributed by atoms with E-state index < -0.39 is 16.0 Å².